The Balaban J connectivity index is 2.99. The minimum Gasteiger partial charge on any atom is -0.478 e. The molecule has 1 aromatic rings. The van der Waals surface area contributed by atoms with Gasteiger partial charge in [0.25, 0.3) is 0 Å². The van der Waals surface area contributed by atoms with Crippen molar-refractivity contribution < 1.29 is 27.9 Å². The SMILES string of the molecule is COC(=O)CS(=O)(=O)Nc1cc(Cl)cc(C(=O)O)c1. The van der Waals surface area contributed by atoms with Gasteiger partial charge in [0.15, 0.2) is 5.75 Å². The first-order chi connectivity index (χ1) is 8.73. The quantitative estimate of drug-likeness (QED) is 0.784. The number of methoxy groups -OCH3 is 1. The van der Waals surface area contributed by atoms with Crippen LogP contribution >= 0.6 is 11.6 Å². The van der Waals surface area contributed by atoms with Gasteiger partial charge in [0.1, 0.15) is 0 Å². The number of aromatic carboxylic acids is 1. The molecule has 1 rings (SSSR count). The monoisotopic (exact) mass is 307 g/mol. The molecule has 0 atom stereocenters. The number of nitrogens with one attached hydrogen (secondary N) is 1. The van der Waals surface area contributed by atoms with E-state index >= 15 is 0 Å². The number of anilines is 1. The summed E-state index contributed by atoms with van der Waals surface area (Å²) in [6.07, 6.45) is 0. The molecule has 0 aliphatic carbocycles. The molecule has 9 heteroatoms. The molecule has 0 saturated heterocycles. The fourth-order valence-corrected chi connectivity index (χ4v) is 2.41. The molecule has 104 valence electrons. The molecule has 0 bridgehead atoms. The molecule has 1 aromatic carbocycles. The molecular weight excluding hydrogens is 298 g/mol. The molecule has 2 N–H and O–H groups in total. The molecule has 0 saturated carbocycles. The number of hydrogen-bond acceptors (Lipinski definition) is 5. The van der Waals surface area contributed by atoms with Crippen LogP contribution < -0.4 is 4.72 Å². The smallest absolute Gasteiger partial charge is 0.335 e. The van der Waals surface area contributed by atoms with Crippen LogP contribution in [0.3, 0.4) is 0 Å². The minimum atomic E-state index is -3.98. The average molecular weight is 308 g/mol. The maximum atomic E-state index is 11.6. The van der Waals surface area contributed by atoms with Gasteiger partial charge in [-0.05, 0) is 18.2 Å². The summed E-state index contributed by atoms with van der Waals surface area (Å²) >= 11 is 5.67. The van der Waals surface area contributed by atoms with Crippen LogP contribution in [-0.4, -0.2) is 38.3 Å². The molecule has 0 aliphatic heterocycles. The highest BCUT2D eigenvalue weighted by molar-refractivity contribution is 7.93. The van der Waals surface area contributed by atoms with E-state index in [1.54, 1.807) is 0 Å². The first-order valence-corrected chi connectivity index (χ1v) is 6.88. The van der Waals surface area contributed by atoms with Crippen LogP contribution in [0, 0.1) is 0 Å². The third kappa shape index (κ3) is 4.76. The Morgan fingerprint density at radius 2 is 2.00 bits per heavy atom. The van der Waals surface area contributed by atoms with Crippen molar-refractivity contribution in [2.24, 2.45) is 0 Å². The van der Waals surface area contributed by atoms with E-state index in [9.17, 15) is 18.0 Å². The first-order valence-electron chi connectivity index (χ1n) is 4.84. The van der Waals surface area contributed by atoms with Crippen molar-refractivity contribution in [2.75, 3.05) is 17.6 Å². The molecule has 0 aliphatic rings. The van der Waals surface area contributed by atoms with Gasteiger partial charge < -0.3 is 9.84 Å². The van der Waals surface area contributed by atoms with E-state index in [1.807, 2.05) is 4.72 Å². The summed E-state index contributed by atoms with van der Waals surface area (Å²) in [6.45, 7) is 0. The van der Waals surface area contributed by atoms with Gasteiger partial charge in [-0.3, -0.25) is 9.52 Å². The highest BCUT2D eigenvalue weighted by atomic mass is 35.5. The second-order valence-electron chi connectivity index (χ2n) is 3.47. The van der Waals surface area contributed by atoms with Crippen molar-refractivity contribution in [2.45, 2.75) is 0 Å². The zero-order chi connectivity index (χ0) is 14.6. The zero-order valence-corrected chi connectivity index (χ0v) is 11.3. The number of hydrogen-bond donors (Lipinski definition) is 2. The summed E-state index contributed by atoms with van der Waals surface area (Å²) < 4.78 is 29.4. The Hall–Kier alpha value is -1.80. The van der Waals surface area contributed by atoms with Crippen LogP contribution in [0.4, 0.5) is 5.69 Å². The molecule has 19 heavy (non-hydrogen) atoms. The van der Waals surface area contributed by atoms with Gasteiger partial charge in [0, 0.05) is 5.02 Å². The van der Waals surface area contributed by atoms with Crippen molar-refractivity contribution in [3.05, 3.63) is 28.8 Å². The largest absolute Gasteiger partial charge is 0.478 e. The number of sulfonamides is 1. The lowest BCUT2D eigenvalue weighted by molar-refractivity contribution is -0.137. The third-order valence-electron chi connectivity index (χ3n) is 1.95. The standard InChI is InChI=1S/C10H10ClNO6S/c1-18-9(13)5-19(16,17)12-8-3-6(10(14)15)2-7(11)4-8/h2-4,12H,5H2,1H3,(H,14,15). The molecule has 0 spiro atoms. The van der Waals surface area contributed by atoms with Crippen molar-refractivity contribution >= 4 is 39.3 Å². The average Bonchev–Trinajstić information content (AvgIpc) is 2.26. The van der Waals surface area contributed by atoms with Crippen LogP contribution in [0.15, 0.2) is 18.2 Å². The molecule has 7 nitrogen and oxygen atoms in total. The lowest BCUT2D eigenvalue weighted by Crippen LogP contribution is -2.23. The predicted molar refractivity (Wildman–Crippen MR) is 67.8 cm³/mol. The number of halogens is 1. The van der Waals surface area contributed by atoms with Crippen molar-refractivity contribution in [1.29, 1.82) is 0 Å². The van der Waals surface area contributed by atoms with Crippen molar-refractivity contribution in [3.8, 4) is 0 Å². The topological polar surface area (TPSA) is 110 Å². The van der Waals surface area contributed by atoms with E-state index in [0.29, 0.717) is 0 Å². The Morgan fingerprint density at radius 3 is 2.53 bits per heavy atom. The summed E-state index contributed by atoms with van der Waals surface area (Å²) in [4.78, 5) is 21.7. The number of benzene rings is 1. The zero-order valence-electron chi connectivity index (χ0n) is 9.71. The van der Waals surface area contributed by atoms with Gasteiger partial charge in [0.05, 0.1) is 18.4 Å². The molecule has 0 aromatic heterocycles. The van der Waals surface area contributed by atoms with Crippen LogP contribution in [-0.2, 0) is 19.6 Å². The molecule has 0 unspecified atom stereocenters. The summed E-state index contributed by atoms with van der Waals surface area (Å²) in [5.74, 6) is -3.07. The van der Waals surface area contributed by atoms with E-state index in [1.165, 1.54) is 12.1 Å². The highest BCUT2D eigenvalue weighted by Gasteiger charge is 2.18. The summed E-state index contributed by atoms with van der Waals surface area (Å²) in [6, 6.07) is 3.48. The van der Waals surface area contributed by atoms with Crippen LogP contribution in [0.25, 0.3) is 0 Å². The third-order valence-corrected chi connectivity index (χ3v) is 3.33. The lowest BCUT2D eigenvalue weighted by atomic mass is 10.2. The van der Waals surface area contributed by atoms with E-state index < -0.39 is 27.7 Å². The number of esters is 1. The Kier molecular flexibility index (Phi) is 4.73. The summed E-state index contributed by atoms with van der Waals surface area (Å²) in [7, 11) is -2.93. The highest BCUT2D eigenvalue weighted by Crippen LogP contribution is 2.20. The maximum Gasteiger partial charge on any atom is 0.335 e. The fraction of sp³-hybridized carbons (Fsp3) is 0.200. The van der Waals surface area contributed by atoms with Gasteiger partial charge in [-0.1, -0.05) is 11.6 Å². The molecule has 0 heterocycles. The van der Waals surface area contributed by atoms with Gasteiger partial charge in [0.2, 0.25) is 10.0 Å². The van der Waals surface area contributed by atoms with Gasteiger partial charge in [-0.15, -0.1) is 0 Å². The Morgan fingerprint density at radius 1 is 1.37 bits per heavy atom. The number of ether oxygens (including phenoxy) is 1. The first kappa shape index (κ1) is 15.3. The van der Waals surface area contributed by atoms with Gasteiger partial charge >= 0.3 is 11.9 Å². The van der Waals surface area contributed by atoms with Crippen LogP contribution in [0.5, 0.6) is 0 Å². The number of carbonyl (C=O) groups is 2. The maximum absolute atomic E-state index is 11.6. The van der Waals surface area contributed by atoms with E-state index in [4.69, 9.17) is 16.7 Å². The fourth-order valence-electron chi connectivity index (χ4n) is 1.20. The minimum absolute atomic E-state index is 0.0474. The van der Waals surface area contributed by atoms with E-state index in [-0.39, 0.29) is 16.3 Å². The molecule has 0 radical (unpaired) electrons. The number of carboxylic acid groups (broad SMARTS) is 1. The predicted octanol–water partition coefficient (Wildman–Crippen LogP) is 0.953. The molecule has 0 amide bonds. The van der Waals surface area contributed by atoms with Gasteiger partial charge in [-0.2, -0.15) is 0 Å². The lowest BCUT2D eigenvalue weighted by Gasteiger charge is -2.08. The van der Waals surface area contributed by atoms with E-state index in [0.717, 1.165) is 13.2 Å². The van der Waals surface area contributed by atoms with E-state index in [2.05, 4.69) is 4.74 Å². The van der Waals surface area contributed by atoms with Crippen LogP contribution in [0.2, 0.25) is 5.02 Å². The second kappa shape index (κ2) is 5.89. The number of rotatable bonds is 5. The Labute approximate surface area is 114 Å². The second-order valence-corrected chi connectivity index (χ2v) is 5.63. The van der Waals surface area contributed by atoms with Crippen LogP contribution in [0.1, 0.15) is 10.4 Å². The van der Waals surface area contributed by atoms with Crippen molar-refractivity contribution in [1.82, 2.24) is 0 Å². The number of carbonyl (C=O) groups excluding carboxylic acids is 1. The molecular formula is C10H10ClNO6S. The normalized spacial score (nSPS) is 10.8. The van der Waals surface area contributed by atoms with Gasteiger partial charge in [-0.25, -0.2) is 13.2 Å². The summed E-state index contributed by atoms with van der Waals surface area (Å²) in [5.41, 5.74) is -0.225. The van der Waals surface area contributed by atoms with Crippen molar-refractivity contribution in [3.63, 3.8) is 0 Å². The number of carboxylic acids is 1. The Bertz CT molecular complexity index is 612. The molecule has 0 fully saturated rings. The summed E-state index contributed by atoms with van der Waals surface area (Å²) in [5, 5.41) is 8.86.